The molecule has 1 unspecified atom stereocenters. The number of rotatable bonds is 3. The molecule has 0 saturated heterocycles. The Morgan fingerprint density at radius 1 is 1.10 bits per heavy atom. The topological polar surface area (TPSA) is 49.4 Å². The number of halogens is 1. The number of fused-ring (bicyclic) bond motifs is 1. The summed E-state index contributed by atoms with van der Waals surface area (Å²) in [5.41, 5.74) is 3.65. The van der Waals surface area contributed by atoms with E-state index in [0.717, 1.165) is 27.1 Å². The number of carbonyl (C=O) groups excluding carboxylic acids is 2. The molecule has 148 valence electrons. The zero-order chi connectivity index (χ0) is 20.6. The Hall–Kier alpha value is -2.44. The van der Waals surface area contributed by atoms with Crippen LogP contribution in [-0.2, 0) is 10.2 Å². The Kier molecular flexibility index (Phi) is 5.32. The summed E-state index contributed by atoms with van der Waals surface area (Å²) in [5, 5.41) is 3.00. The number of thiophene rings is 1. The molecule has 1 N–H and O–H groups in total. The van der Waals surface area contributed by atoms with E-state index in [2.05, 4.69) is 40.3 Å². The van der Waals surface area contributed by atoms with E-state index in [1.807, 2.05) is 47.4 Å². The van der Waals surface area contributed by atoms with Crippen LogP contribution in [0.1, 0.15) is 41.1 Å². The molecule has 1 aliphatic heterocycles. The van der Waals surface area contributed by atoms with Gasteiger partial charge in [-0.25, -0.2) is 0 Å². The van der Waals surface area contributed by atoms with Crippen LogP contribution in [0.25, 0.3) is 0 Å². The average Bonchev–Trinajstić information content (AvgIpc) is 3.15. The van der Waals surface area contributed by atoms with Gasteiger partial charge < -0.3 is 10.2 Å². The highest BCUT2D eigenvalue weighted by Crippen LogP contribution is 2.45. The molecule has 2 amide bonds. The van der Waals surface area contributed by atoms with Crippen molar-refractivity contribution in [2.45, 2.75) is 25.7 Å². The van der Waals surface area contributed by atoms with E-state index < -0.39 is 0 Å². The summed E-state index contributed by atoms with van der Waals surface area (Å²) in [4.78, 5) is 27.3. The maximum atomic E-state index is 12.6. The molecule has 4 rings (SSSR count). The molecule has 29 heavy (non-hydrogen) atoms. The molecule has 0 bridgehead atoms. The molecule has 2 aromatic carbocycles. The third-order valence-corrected chi connectivity index (χ3v) is 7.19. The molecule has 4 nitrogen and oxygen atoms in total. The lowest BCUT2D eigenvalue weighted by molar-refractivity contribution is -0.116. The summed E-state index contributed by atoms with van der Waals surface area (Å²) in [5.74, 6) is -0.108. The molecule has 3 aromatic rings. The largest absolute Gasteiger partial charge is 0.321 e. The van der Waals surface area contributed by atoms with Crippen molar-refractivity contribution in [1.29, 1.82) is 0 Å². The average molecular weight is 469 g/mol. The van der Waals surface area contributed by atoms with Crippen molar-refractivity contribution < 1.29 is 9.59 Å². The lowest BCUT2D eigenvalue weighted by atomic mass is 9.71. The number of hydrogen-bond acceptors (Lipinski definition) is 3. The van der Waals surface area contributed by atoms with Gasteiger partial charge in [0.15, 0.2) is 0 Å². The zero-order valence-electron chi connectivity index (χ0n) is 16.2. The van der Waals surface area contributed by atoms with Gasteiger partial charge in [0.05, 0.1) is 8.66 Å². The Balaban J connectivity index is 1.76. The maximum Gasteiger partial charge on any atom is 0.265 e. The second kappa shape index (κ2) is 7.76. The van der Waals surface area contributed by atoms with Gasteiger partial charge in [0, 0.05) is 30.3 Å². The molecule has 6 heteroatoms. The first-order valence-electron chi connectivity index (χ1n) is 9.43. The molecule has 0 saturated carbocycles. The predicted molar refractivity (Wildman–Crippen MR) is 122 cm³/mol. The first kappa shape index (κ1) is 19.9. The lowest BCUT2D eigenvalue weighted by Crippen LogP contribution is -2.41. The molecular weight excluding hydrogens is 448 g/mol. The van der Waals surface area contributed by atoms with E-state index in [1.165, 1.54) is 16.9 Å². The van der Waals surface area contributed by atoms with Crippen molar-refractivity contribution in [3.8, 4) is 0 Å². The van der Waals surface area contributed by atoms with Gasteiger partial charge in [0.25, 0.3) is 5.91 Å². The Labute approximate surface area is 182 Å². The van der Waals surface area contributed by atoms with Crippen molar-refractivity contribution in [3.63, 3.8) is 0 Å². The normalized spacial score (nSPS) is 18.2. The van der Waals surface area contributed by atoms with E-state index in [4.69, 9.17) is 0 Å². The summed E-state index contributed by atoms with van der Waals surface area (Å²) in [6.45, 7) is 4.47. The lowest BCUT2D eigenvalue weighted by Gasteiger charge is -2.41. The van der Waals surface area contributed by atoms with Crippen molar-refractivity contribution in [1.82, 2.24) is 0 Å². The minimum absolute atomic E-state index is 0.0292. The standard InChI is InChI=1S/C23H21BrN2O2S/c1-15(27)26-13-12-23(2,16-6-4-3-5-7-16)18-14-17(8-9-19(18)26)25-22(28)20-10-11-21(24)29-20/h3-11,14H,12-13H2,1-2H3,(H,25,28). The molecule has 0 fully saturated rings. The van der Waals surface area contributed by atoms with Crippen LogP contribution < -0.4 is 10.2 Å². The van der Waals surface area contributed by atoms with Gasteiger partial charge in [-0.2, -0.15) is 0 Å². The van der Waals surface area contributed by atoms with Gasteiger partial charge in [-0.1, -0.05) is 37.3 Å². The van der Waals surface area contributed by atoms with E-state index in [0.29, 0.717) is 11.4 Å². The number of amides is 2. The maximum absolute atomic E-state index is 12.6. The molecule has 0 spiro atoms. The summed E-state index contributed by atoms with van der Waals surface area (Å²) >= 11 is 4.79. The highest BCUT2D eigenvalue weighted by molar-refractivity contribution is 9.11. The van der Waals surface area contributed by atoms with E-state index in [1.54, 1.807) is 13.0 Å². The van der Waals surface area contributed by atoms with Crippen LogP contribution in [0.3, 0.4) is 0 Å². The minimum Gasteiger partial charge on any atom is -0.321 e. The van der Waals surface area contributed by atoms with Crippen molar-refractivity contribution in [2.75, 3.05) is 16.8 Å². The molecule has 1 atom stereocenters. The predicted octanol–water partition coefficient (Wildman–Crippen LogP) is 5.83. The highest BCUT2D eigenvalue weighted by atomic mass is 79.9. The van der Waals surface area contributed by atoms with Gasteiger partial charge in [0.2, 0.25) is 5.91 Å². The number of nitrogens with one attached hydrogen (secondary N) is 1. The number of benzene rings is 2. The summed E-state index contributed by atoms with van der Waals surface area (Å²) in [6.07, 6.45) is 0.818. The van der Waals surface area contributed by atoms with E-state index in [9.17, 15) is 9.59 Å². The molecule has 1 aromatic heterocycles. The summed E-state index contributed by atoms with van der Waals surface area (Å²) < 4.78 is 0.918. The summed E-state index contributed by atoms with van der Waals surface area (Å²) in [7, 11) is 0. The van der Waals surface area contributed by atoms with Crippen molar-refractivity contribution >= 4 is 50.5 Å². The SMILES string of the molecule is CC(=O)N1CCC(C)(c2ccccc2)c2cc(NC(=O)c3ccc(Br)s3)ccc21. The van der Waals surface area contributed by atoms with Crippen molar-refractivity contribution in [2.24, 2.45) is 0 Å². The minimum atomic E-state index is -0.241. The van der Waals surface area contributed by atoms with Crippen LogP contribution in [0.5, 0.6) is 0 Å². The Bertz CT molecular complexity index is 1080. The van der Waals surface area contributed by atoms with Crippen LogP contribution in [0.4, 0.5) is 11.4 Å². The first-order chi connectivity index (χ1) is 13.9. The number of carbonyl (C=O) groups is 2. The molecule has 1 aliphatic rings. The summed E-state index contributed by atoms with van der Waals surface area (Å²) in [6, 6.07) is 19.8. The third-order valence-electron chi connectivity index (χ3n) is 5.56. The molecule has 2 heterocycles. The van der Waals surface area contributed by atoms with Gasteiger partial charge >= 0.3 is 0 Å². The Morgan fingerprint density at radius 3 is 2.52 bits per heavy atom. The second-order valence-corrected chi connectivity index (χ2v) is 9.87. The fraction of sp³-hybridized carbons (Fsp3) is 0.217. The van der Waals surface area contributed by atoms with Crippen LogP contribution >= 0.6 is 27.3 Å². The smallest absolute Gasteiger partial charge is 0.265 e. The Morgan fingerprint density at radius 2 is 1.86 bits per heavy atom. The third kappa shape index (κ3) is 3.74. The van der Waals surface area contributed by atoms with Gasteiger partial charge in [-0.15, -0.1) is 11.3 Å². The van der Waals surface area contributed by atoms with Gasteiger partial charge in [-0.3, -0.25) is 9.59 Å². The quantitative estimate of drug-likeness (QED) is 0.525. The molecular formula is C23H21BrN2O2S. The van der Waals surface area contributed by atoms with Gasteiger partial charge in [-0.05, 0) is 63.8 Å². The van der Waals surface area contributed by atoms with Crippen molar-refractivity contribution in [3.05, 3.63) is 80.5 Å². The van der Waals surface area contributed by atoms with Crippen LogP contribution in [0, 0.1) is 0 Å². The molecule has 0 aliphatic carbocycles. The fourth-order valence-electron chi connectivity index (χ4n) is 3.94. The van der Waals surface area contributed by atoms with Gasteiger partial charge in [0.1, 0.15) is 0 Å². The zero-order valence-corrected chi connectivity index (χ0v) is 18.6. The van der Waals surface area contributed by atoms with Crippen LogP contribution in [0.2, 0.25) is 0 Å². The molecule has 0 radical (unpaired) electrons. The van der Waals surface area contributed by atoms with E-state index >= 15 is 0 Å². The number of hydrogen-bond donors (Lipinski definition) is 1. The number of anilines is 2. The first-order valence-corrected chi connectivity index (χ1v) is 11.0. The second-order valence-electron chi connectivity index (χ2n) is 7.41. The van der Waals surface area contributed by atoms with Crippen LogP contribution in [0.15, 0.2) is 64.5 Å². The van der Waals surface area contributed by atoms with Crippen LogP contribution in [-0.4, -0.2) is 18.4 Å². The number of nitrogens with zero attached hydrogens (tertiary/aromatic N) is 1. The monoisotopic (exact) mass is 468 g/mol. The highest BCUT2D eigenvalue weighted by Gasteiger charge is 2.37. The van der Waals surface area contributed by atoms with E-state index in [-0.39, 0.29) is 17.2 Å². The fourth-order valence-corrected chi connectivity index (χ4v) is 5.22.